The molecule has 0 radical (unpaired) electrons. The van der Waals surface area contributed by atoms with Gasteiger partial charge in [0.15, 0.2) is 5.82 Å². The fourth-order valence-electron chi connectivity index (χ4n) is 3.11. The molecule has 0 fully saturated rings. The number of nitrogens with zero attached hydrogens (tertiary/aromatic N) is 5. The third-order valence-electron chi connectivity index (χ3n) is 4.77. The topological polar surface area (TPSA) is 123 Å². The molecule has 9 nitrogen and oxygen atoms in total. The van der Waals surface area contributed by atoms with Crippen LogP contribution < -0.4 is 0 Å². The van der Waals surface area contributed by atoms with E-state index in [4.69, 9.17) is 4.74 Å². The number of aromatic hydroxyl groups is 1. The van der Waals surface area contributed by atoms with Crippen molar-refractivity contribution < 1.29 is 19.7 Å². The number of carbonyl (C=O) groups is 1. The van der Waals surface area contributed by atoms with Crippen LogP contribution in [0.3, 0.4) is 0 Å². The van der Waals surface area contributed by atoms with E-state index in [1.54, 1.807) is 16.9 Å². The first kappa shape index (κ1) is 23.0. The van der Waals surface area contributed by atoms with Crippen LogP contribution in [0, 0.1) is 5.92 Å². The number of carboxylic acids is 1. The van der Waals surface area contributed by atoms with Gasteiger partial charge in [-0.1, -0.05) is 39.1 Å². The van der Waals surface area contributed by atoms with Gasteiger partial charge in [0.2, 0.25) is 5.88 Å². The van der Waals surface area contributed by atoms with Gasteiger partial charge in [-0.05, 0) is 34.9 Å². The summed E-state index contributed by atoms with van der Waals surface area (Å²) in [6, 6.07) is 4.25. The molecule has 2 aromatic heterocycles. The van der Waals surface area contributed by atoms with Crippen molar-refractivity contribution in [3.8, 4) is 5.88 Å². The van der Waals surface area contributed by atoms with E-state index in [1.165, 1.54) is 6.07 Å². The van der Waals surface area contributed by atoms with Crippen LogP contribution >= 0.6 is 0 Å². The van der Waals surface area contributed by atoms with Gasteiger partial charge in [0.25, 0.3) is 0 Å². The van der Waals surface area contributed by atoms with Gasteiger partial charge in [-0.3, -0.25) is 4.79 Å². The number of carboxylic acid groups (broad SMARTS) is 1. The third kappa shape index (κ3) is 7.21. The van der Waals surface area contributed by atoms with Gasteiger partial charge in [0.05, 0.1) is 5.92 Å². The maximum absolute atomic E-state index is 12.0. The average molecular weight is 422 g/mol. The predicted molar refractivity (Wildman–Crippen MR) is 110 cm³/mol. The Balaban J connectivity index is 2.23. The van der Waals surface area contributed by atoms with E-state index in [9.17, 15) is 15.0 Å². The number of rotatable bonds is 12. The molecular formula is C19H31N5O4Si. The molecule has 2 aromatic rings. The van der Waals surface area contributed by atoms with Crippen LogP contribution in [-0.2, 0) is 22.7 Å². The zero-order valence-electron chi connectivity index (χ0n) is 17.6. The van der Waals surface area contributed by atoms with Gasteiger partial charge >= 0.3 is 5.97 Å². The monoisotopic (exact) mass is 421 g/mol. The summed E-state index contributed by atoms with van der Waals surface area (Å²) >= 11 is 0. The maximum atomic E-state index is 12.0. The largest absolute Gasteiger partial charge is 0.493 e. The Hall–Kier alpha value is -2.33. The van der Waals surface area contributed by atoms with Crippen molar-refractivity contribution in [2.24, 2.45) is 5.92 Å². The minimum absolute atomic E-state index is 0.0747. The van der Waals surface area contributed by atoms with Crippen LogP contribution in [0.15, 0.2) is 18.3 Å². The Kier molecular flexibility index (Phi) is 8.27. The average Bonchev–Trinajstić information content (AvgIpc) is 3.10. The highest BCUT2D eigenvalue weighted by molar-refractivity contribution is 6.76. The highest BCUT2D eigenvalue weighted by Crippen LogP contribution is 2.31. The predicted octanol–water partition coefficient (Wildman–Crippen LogP) is 2.91. The van der Waals surface area contributed by atoms with Crippen LogP contribution in [0.1, 0.15) is 37.1 Å². The van der Waals surface area contributed by atoms with Crippen molar-refractivity contribution in [1.29, 1.82) is 0 Å². The molecule has 2 atom stereocenters. The van der Waals surface area contributed by atoms with Crippen molar-refractivity contribution >= 4 is 14.0 Å². The minimum atomic E-state index is -1.20. The molecule has 0 aromatic carbocycles. The smallest absolute Gasteiger partial charge is 0.307 e. The molecule has 2 N–H and O–H groups in total. The summed E-state index contributed by atoms with van der Waals surface area (Å²) in [5.74, 6) is -1.53. The van der Waals surface area contributed by atoms with E-state index in [1.807, 2.05) is 6.92 Å². The summed E-state index contributed by atoms with van der Waals surface area (Å²) in [7, 11) is -1.20. The number of hydrogen-bond acceptors (Lipinski definition) is 7. The molecule has 29 heavy (non-hydrogen) atoms. The van der Waals surface area contributed by atoms with Crippen molar-refractivity contribution in [2.75, 3.05) is 6.61 Å². The summed E-state index contributed by atoms with van der Waals surface area (Å²) < 4.78 is 7.32. The molecular weight excluding hydrogens is 390 g/mol. The highest BCUT2D eigenvalue weighted by atomic mass is 28.3. The Bertz CT molecular complexity index is 776. The summed E-state index contributed by atoms with van der Waals surface area (Å²) in [4.78, 5) is 15.9. The first-order valence-corrected chi connectivity index (χ1v) is 13.6. The van der Waals surface area contributed by atoms with Gasteiger partial charge in [0.1, 0.15) is 6.73 Å². The molecule has 2 rings (SSSR count). The van der Waals surface area contributed by atoms with Crippen molar-refractivity contribution in [3.63, 3.8) is 0 Å². The van der Waals surface area contributed by atoms with E-state index < -0.39 is 25.9 Å². The second kappa shape index (κ2) is 10.4. The summed E-state index contributed by atoms with van der Waals surface area (Å²) in [5.41, 5.74) is 0.810. The number of aromatic nitrogens is 5. The lowest BCUT2D eigenvalue weighted by Crippen LogP contribution is -2.27. The molecule has 0 saturated heterocycles. The fourth-order valence-corrected chi connectivity index (χ4v) is 3.87. The zero-order chi connectivity index (χ0) is 21.4. The van der Waals surface area contributed by atoms with Crippen LogP contribution in [0.2, 0.25) is 25.7 Å². The summed E-state index contributed by atoms with van der Waals surface area (Å²) in [6.45, 7) is 9.61. The SMILES string of the molecule is CCCC(C(=O)O)[C@H](Cc1ccc(O)nc1)c1nnnn1COCC[Si](C)(C)C. The Morgan fingerprint density at radius 2 is 2.07 bits per heavy atom. The quantitative estimate of drug-likeness (QED) is 0.396. The van der Waals surface area contributed by atoms with E-state index >= 15 is 0 Å². The van der Waals surface area contributed by atoms with Crippen LogP contribution in [-0.4, -0.2) is 56.1 Å². The Labute approximate surface area is 172 Å². The molecule has 0 saturated carbocycles. The summed E-state index contributed by atoms with van der Waals surface area (Å²) in [6.07, 6.45) is 3.19. The number of hydrogen-bond donors (Lipinski definition) is 2. The lowest BCUT2D eigenvalue weighted by Gasteiger charge is -2.23. The van der Waals surface area contributed by atoms with E-state index in [-0.39, 0.29) is 12.6 Å². The van der Waals surface area contributed by atoms with Crippen LogP contribution in [0.5, 0.6) is 5.88 Å². The lowest BCUT2D eigenvalue weighted by atomic mass is 9.83. The van der Waals surface area contributed by atoms with E-state index in [0.29, 0.717) is 25.3 Å². The number of pyridine rings is 1. The van der Waals surface area contributed by atoms with E-state index in [0.717, 1.165) is 18.0 Å². The molecule has 0 aliphatic heterocycles. The minimum Gasteiger partial charge on any atom is -0.493 e. The molecule has 0 aliphatic rings. The molecule has 0 amide bonds. The lowest BCUT2D eigenvalue weighted by molar-refractivity contribution is -0.143. The van der Waals surface area contributed by atoms with Gasteiger partial charge in [-0.15, -0.1) is 5.10 Å². The number of tetrazole rings is 1. The molecule has 0 spiro atoms. The van der Waals surface area contributed by atoms with Crippen molar-refractivity contribution in [1.82, 2.24) is 25.2 Å². The number of aliphatic carboxylic acids is 1. The fraction of sp³-hybridized carbons (Fsp3) is 0.632. The second-order valence-electron chi connectivity index (χ2n) is 8.45. The van der Waals surface area contributed by atoms with Gasteiger partial charge in [0, 0.05) is 32.9 Å². The zero-order valence-corrected chi connectivity index (χ0v) is 18.6. The number of ether oxygens (including phenoxy) is 1. The van der Waals surface area contributed by atoms with Gasteiger partial charge < -0.3 is 14.9 Å². The Morgan fingerprint density at radius 1 is 1.31 bits per heavy atom. The van der Waals surface area contributed by atoms with Crippen molar-refractivity contribution in [2.45, 2.75) is 64.5 Å². The van der Waals surface area contributed by atoms with Crippen molar-refractivity contribution in [3.05, 3.63) is 29.7 Å². The van der Waals surface area contributed by atoms with Gasteiger partial charge in [-0.25, -0.2) is 9.67 Å². The Morgan fingerprint density at radius 3 is 2.66 bits per heavy atom. The normalized spacial score (nSPS) is 13.9. The molecule has 160 valence electrons. The molecule has 2 heterocycles. The highest BCUT2D eigenvalue weighted by Gasteiger charge is 2.33. The third-order valence-corrected chi connectivity index (χ3v) is 6.47. The van der Waals surface area contributed by atoms with Gasteiger partial charge in [-0.2, -0.15) is 0 Å². The van der Waals surface area contributed by atoms with Crippen LogP contribution in [0.25, 0.3) is 0 Å². The van der Waals surface area contributed by atoms with E-state index in [2.05, 4.69) is 40.2 Å². The second-order valence-corrected chi connectivity index (χ2v) is 14.1. The first-order valence-electron chi connectivity index (χ1n) is 9.91. The molecule has 0 bridgehead atoms. The van der Waals surface area contributed by atoms with Crippen LogP contribution in [0.4, 0.5) is 0 Å². The first-order chi connectivity index (χ1) is 13.7. The standard InChI is InChI=1S/C19H31N5O4Si/c1-5-6-15(19(26)27)16(11-14-7-8-17(25)20-12-14)18-21-22-23-24(18)13-28-9-10-29(2,3)4/h7-8,12,15-16H,5-6,9-11,13H2,1-4H3,(H,20,25)(H,26,27)/t15?,16-/m0/s1. The maximum Gasteiger partial charge on any atom is 0.307 e. The summed E-state index contributed by atoms with van der Waals surface area (Å²) in [5, 5.41) is 31.2. The molecule has 0 aliphatic carbocycles. The molecule has 1 unspecified atom stereocenters. The molecule has 10 heteroatoms.